The quantitative estimate of drug-likeness (QED) is 0.592. The summed E-state index contributed by atoms with van der Waals surface area (Å²) in [5, 5.41) is 22.1. The maximum Gasteiger partial charge on any atom is 0.142 e. The molecule has 2 aliphatic carbocycles. The molecule has 2 fully saturated rings. The molecule has 2 heterocycles. The number of rotatable bonds is 7. The summed E-state index contributed by atoms with van der Waals surface area (Å²) in [6.45, 7) is 1.84. The summed E-state index contributed by atoms with van der Waals surface area (Å²) in [4.78, 5) is 14.0. The van der Waals surface area contributed by atoms with Gasteiger partial charge in [0.05, 0.1) is 18.6 Å². The summed E-state index contributed by atoms with van der Waals surface area (Å²) in [6.07, 6.45) is 13.7. The van der Waals surface area contributed by atoms with Crippen molar-refractivity contribution in [3.8, 4) is 0 Å². The smallest absolute Gasteiger partial charge is 0.142 e. The van der Waals surface area contributed by atoms with Crippen LogP contribution in [0.3, 0.4) is 0 Å². The maximum atomic E-state index is 9.29. The summed E-state index contributed by atoms with van der Waals surface area (Å²) < 4.78 is 0. The molecule has 27 heavy (non-hydrogen) atoms. The second-order valence-corrected chi connectivity index (χ2v) is 7.45. The van der Waals surface area contributed by atoms with Gasteiger partial charge in [0, 0.05) is 31.4 Å². The van der Waals surface area contributed by atoms with Crippen LogP contribution in [0.5, 0.6) is 0 Å². The number of aliphatic hydroxyl groups is 2. The van der Waals surface area contributed by atoms with E-state index < -0.39 is 0 Å². The van der Waals surface area contributed by atoms with Gasteiger partial charge in [0.15, 0.2) is 0 Å². The number of aromatic amines is 1. The first kappa shape index (κ1) is 20.0. The number of hydrogen-bond acceptors (Lipinski definition) is 6. The van der Waals surface area contributed by atoms with Crippen molar-refractivity contribution in [2.45, 2.75) is 63.5 Å². The summed E-state index contributed by atoms with van der Waals surface area (Å²) in [6, 6.07) is 3.21. The van der Waals surface area contributed by atoms with Crippen LogP contribution >= 0.6 is 0 Å². The van der Waals surface area contributed by atoms with Crippen molar-refractivity contribution < 1.29 is 10.2 Å². The van der Waals surface area contributed by atoms with E-state index in [4.69, 9.17) is 5.11 Å². The second-order valence-electron chi connectivity index (χ2n) is 7.45. The van der Waals surface area contributed by atoms with Crippen molar-refractivity contribution in [1.82, 2.24) is 20.3 Å². The van der Waals surface area contributed by atoms with Crippen LogP contribution in [-0.2, 0) is 0 Å². The Hall–Kier alpha value is -1.70. The second kappa shape index (κ2) is 10.6. The van der Waals surface area contributed by atoms with Crippen molar-refractivity contribution in [2.75, 3.05) is 31.2 Å². The van der Waals surface area contributed by atoms with Gasteiger partial charge in [-0.15, -0.1) is 0 Å². The zero-order valence-corrected chi connectivity index (χ0v) is 16.1. The first-order valence-electron chi connectivity index (χ1n) is 10.3. The molecule has 150 valence electrons. The third-order valence-corrected chi connectivity index (χ3v) is 5.61. The van der Waals surface area contributed by atoms with Gasteiger partial charge in [0.1, 0.15) is 17.8 Å². The van der Waals surface area contributed by atoms with Crippen LogP contribution in [0.2, 0.25) is 0 Å². The Kier molecular flexibility index (Phi) is 7.86. The number of H-pyrrole nitrogens is 1. The minimum absolute atomic E-state index is 0.159. The zero-order valence-electron chi connectivity index (χ0n) is 16.1. The minimum Gasteiger partial charge on any atom is -0.395 e. The van der Waals surface area contributed by atoms with E-state index in [0.717, 1.165) is 23.4 Å². The molecule has 2 aromatic rings. The number of anilines is 1. The Morgan fingerprint density at radius 1 is 1.04 bits per heavy atom. The normalized spacial score (nSPS) is 18.0. The molecule has 0 aromatic carbocycles. The van der Waals surface area contributed by atoms with Gasteiger partial charge < -0.3 is 25.4 Å². The molecule has 0 bridgehead atoms. The van der Waals surface area contributed by atoms with E-state index >= 15 is 0 Å². The van der Waals surface area contributed by atoms with Gasteiger partial charge in [-0.25, -0.2) is 9.97 Å². The van der Waals surface area contributed by atoms with Gasteiger partial charge in [0.25, 0.3) is 0 Å². The third-order valence-electron chi connectivity index (χ3n) is 5.61. The van der Waals surface area contributed by atoms with E-state index in [0.29, 0.717) is 18.6 Å². The van der Waals surface area contributed by atoms with Gasteiger partial charge in [-0.2, -0.15) is 0 Å². The number of fused-ring (bicyclic) bond motifs is 1. The Labute approximate surface area is 161 Å². The van der Waals surface area contributed by atoms with E-state index in [-0.39, 0.29) is 13.2 Å². The lowest BCUT2D eigenvalue weighted by molar-refractivity contribution is 0.284. The van der Waals surface area contributed by atoms with E-state index in [2.05, 4.69) is 25.2 Å². The highest BCUT2D eigenvalue weighted by Gasteiger charge is 2.24. The molecular weight excluding hydrogens is 342 g/mol. The van der Waals surface area contributed by atoms with E-state index in [1.807, 2.05) is 12.3 Å². The van der Waals surface area contributed by atoms with Gasteiger partial charge in [-0.1, -0.05) is 25.7 Å². The molecule has 0 atom stereocenters. The first-order valence-corrected chi connectivity index (χ1v) is 10.3. The fourth-order valence-corrected chi connectivity index (χ4v) is 4.27. The molecule has 0 saturated heterocycles. The molecule has 4 rings (SSSR count). The van der Waals surface area contributed by atoms with Gasteiger partial charge in [-0.05, 0) is 31.7 Å². The molecule has 2 aliphatic rings. The zero-order chi connectivity index (χ0) is 18.9. The molecule has 0 radical (unpaired) electrons. The van der Waals surface area contributed by atoms with Gasteiger partial charge >= 0.3 is 0 Å². The van der Waals surface area contributed by atoms with Crippen LogP contribution < -0.4 is 10.2 Å². The van der Waals surface area contributed by atoms with Crippen LogP contribution in [0.4, 0.5) is 5.82 Å². The molecule has 7 nitrogen and oxygen atoms in total. The summed E-state index contributed by atoms with van der Waals surface area (Å²) >= 11 is 0. The molecule has 4 N–H and O–H groups in total. The molecular formula is C20H33N5O2. The largest absolute Gasteiger partial charge is 0.395 e. The van der Waals surface area contributed by atoms with Crippen molar-refractivity contribution in [1.29, 1.82) is 0 Å². The number of nitrogens with one attached hydrogen (secondary N) is 2. The van der Waals surface area contributed by atoms with Crippen molar-refractivity contribution in [3.05, 3.63) is 18.6 Å². The highest BCUT2D eigenvalue weighted by molar-refractivity contribution is 5.87. The maximum absolute atomic E-state index is 9.29. The number of aliphatic hydroxyl groups excluding tert-OH is 2. The Morgan fingerprint density at radius 3 is 2.48 bits per heavy atom. The van der Waals surface area contributed by atoms with Crippen LogP contribution in [0, 0.1) is 0 Å². The standard InChI is InChI=1S/C13H18N4O.C7H15NO/c18-8-7-17(10-3-1-2-4-10)13-11-5-6-14-12(11)15-9-16-13;9-6-5-8-7-3-1-2-4-7/h5-6,9-10,18H,1-4,7-8H2,(H,14,15,16);7-9H,1-6H2. The highest BCUT2D eigenvalue weighted by Crippen LogP contribution is 2.30. The van der Waals surface area contributed by atoms with Crippen molar-refractivity contribution >= 4 is 16.9 Å². The van der Waals surface area contributed by atoms with Crippen LogP contribution in [0.1, 0.15) is 51.4 Å². The minimum atomic E-state index is 0.159. The number of hydrogen-bond donors (Lipinski definition) is 4. The summed E-state index contributed by atoms with van der Waals surface area (Å²) in [5.74, 6) is 0.946. The fraction of sp³-hybridized carbons (Fsp3) is 0.700. The topological polar surface area (TPSA) is 97.3 Å². The summed E-state index contributed by atoms with van der Waals surface area (Å²) in [5.41, 5.74) is 0.862. The lowest BCUT2D eigenvalue weighted by atomic mass is 10.2. The molecule has 7 heteroatoms. The average molecular weight is 376 g/mol. The molecule has 0 aliphatic heterocycles. The molecule has 2 saturated carbocycles. The lowest BCUT2D eigenvalue weighted by Gasteiger charge is -2.29. The Bertz CT molecular complexity index is 665. The summed E-state index contributed by atoms with van der Waals surface area (Å²) in [7, 11) is 0. The predicted molar refractivity (Wildman–Crippen MR) is 108 cm³/mol. The SMILES string of the molecule is OCCN(c1ncnc2[nH]ccc12)C1CCCC1.OCCNC1CCCC1. The third kappa shape index (κ3) is 5.40. The average Bonchev–Trinajstić information content (AvgIpc) is 3.46. The highest BCUT2D eigenvalue weighted by atomic mass is 16.3. The van der Waals surface area contributed by atoms with E-state index in [1.54, 1.807) is 6.33 Å². The fourth-order valence-electron chi connectivity index (χ4n) is 4.27. The van der Waals surface area contributed by atoms with Crippen molar-refractivity contribution in [2.24, 2.45) is 0 Å². The first-order chi connectivity index (χ1) is 13.3. The van der Waals surface area contributed by atoms with Gasteiger partial charge in [0.2, 0.25) is 0 Å². The molecule has 0 spiro atoms. The molecule has 0 amide bonds. The van der Waals surface area contributed by atoms with Crippen LogP contribution in [-0.4, -0.2) is 63.6 Å². The molecule has 0 unspecified atom stereocenters. The number of aromatic nitrogens is 3. The Morgan fingerprint density at radius 2 is 1.78 bits per heavy atom. The van der Waals surface area contributed by atoms with E-state index in [9.17, 15) is 5.11 Å². The predicted octanol–water partition coefficient (Wildman–Crippen LogP) is 2.21. The Balaban J connectivity index is 0.000000197. The monoisotopic (exact) mass is 375 g/mol. The van der Waals surface area contributed by atoms with Crippen molar-refractivity contribution in [3.63, 3.8) is 0 Å². The van der Waals surface area contributed by atoms with Crippen LogP contribution in [0.25, 0.3) is 11.0 Å². The number of nitrogens with zero attached hydrogens (tertiary/aromatic N) is 3. The van der Waals surface area contributed by atoms with Crippen LogP contribution in [0.15, 0.2) is 18.6 Å². The lowest BCUT2D eigenvalue weighted by Crippen LogP contribution is -2.36. The van der Waals surface area contributed by atoms with E-state index in [1.165, 1.54) is 51.4 Å². The molecule has 2 aromatic heterocycles. The van der Waals surface area contributed by atoms with Gasteiger partial charge in [-0.3, -0.25) is 0 Å².